The molecule has 1 aliphatic heterocycles. The molecule has 8 nitrogen and oxygen atoms in total. The molecule has 0 spiro atoms. The first-order chi connectivity index (χ1) is 11.0. The van der Waals surface area contributed by atoms with Crippen LogP contribution in [0.25, 0.3) is 0 Å². The van der Waals surface area contributed by atoms with Crippen LogP contribution in [0.5, 0.6) is 0 Å². The summed E-state index contributed by atoms with van der Waals surface area (Å²) in [6, 6.07) is 2.39. The molecule has 1 aliphatic rings. The van der Waals surface area contributed by atoms with Crippen LogP contribution in [0.2, 0.25) is 0 Å². The minimum absolute atomic E-state index is 0.112. The third kappa shape index (κ3) is 3.31. The van der Waals surface area contributed by atoms with E-state index in [1.165, 1.54) is 6.07 Å². The zero-order valence-electron chi connectivity index (χ0n) is 13.1. The summed E-state index contributed by atoms with van der Waals surface area (Å²) in [6.45, 7) is 3.41. The molecule has 24 heavy (non-hydrogen) atoms. The first-order valence-corrected chi connectivity index (χ1v) is 8.72. The van der Waals surface area contributed by atoms with Gasteiger partial charge in [0.05, 0.1) is 22.6 Å². The molecule has 130 valence electrons. The fourth-order valence-electron chi connectivity index (χ4n) is 2.99. The number of hydrogen-bond donors (Lipinski definition) is 3. The smallest absolute Gasteiger partial charge is 0.336 e. The zero-order valence-corrected chi connectivity index (χ0v) is 13.9. The highest BCUT2D eigenvalue weighted by Crippen LogP contribution is 2.45. The summed E-state index contributed by atoms with van der Waals surface area (Å²) in [5, 5.41) is 18.6. The molecule has 1 aromatic carbocycles. The van der Waals surface area contributed by atoms with Gasteiger partial charge in [-0.3, -0.25) is 9.55 Å². The van der Waals surface area contributed by atoms with Gasteiger partial charge in [-0.1, -0.05) is 6.92 Å². The van der Waals surface area contributed by atoms with Crippen LogP contribution in [-0.2, 0) is 15.5 Å². The number of benzene rings is 1. The van der Waals surface area contributed by atoms with E-state index in [4.69, 9.17) is 9.66 Å². The number of hydrogen-bond acceptors (Lipinski definition) is 5. The summed E-state index contributed by atoms with van der Waals surface area (Å²) in [4.78, 5) is 27.0. The van der Waals surface area contributed by atoms with Crippen molar-refractivity contribution in [1.82, 2.24) is 0 Å². The van der Waals surface area contributed by atoms with E-state index < -0.39 is 33.2 Å². The van der Waals surface area contributed by atoms with Crippen LogP contribution in [0.3, 0.4) is 0 Å². The topological polar surface area (TPSA) is 141 Å². The Bertz CT molecular complexity index is 857. The van der Waals surface area contributed by atoms with Crippen LogP contribution in [0.1, 0.15) is 53.0 Å². The third-order valence-corrected chi connectivity index (χ3v) is 5.12. The van der Waals surface area contributed by atoms with Gasteiger partial charge in [-0.2, -0.15) is 8.42 Å². The van der Waals surface area contributed by atoms with E-state index >= 15 is 0 Å². The second-order valence-corrected chi connectivity index (χ2v) is 7.52. The second kappa shape index (κ2) is 5.99. The first-order valence-electron chi connectivity index (χ1n) is 7.12. The molecule has 0 saturated heterocycles. The molecular formula is C15H17NO7S. The van der Waals surface area contributed by atoms with Crippen LogP contribution < -0.4 is 0 Å². The molecule has 9 heteroatoms. The zero-order chi connectivity index (χ0) is 18.3. The molecule has 0 radical (unpaired) electrons. The molecule has 0 aromatic heterocycles. The molecule has 0 fully saturated rings. The van der Waals surface area contributed by atoms with Gasteiger partial charge in [0.1, 0.15) is 0 Å². The van der Waals surface area contributed by atoms with Gasteiger partial charge in [0.25, 0.3) is 10.1 Å². The quantitative estimate of drug-likeness (QED) is 0.663. The van der Waals surface area contributed by atoms with Crippen LogP contribution in [-0.4, -0.2) is 46.6 Å². The van der Waals surface area contributed by atoms with Crippen molar-refractivity contribution in [3.63, 3.8) is 0 Å². The highest BCUT2D eigenvalue weighted by molar-refractivity contribution is 7.85. The molecule has 0 amide bonds. The molecule has 1 unspecified atom stereocenters. The highest BCUT2D eigenvalue weighted by atomic mass is 32.2. The molecular weight excluding hydrogens is 338 g/mol. The summed E-state index contributed by atoms with van der Waals surface area (Å²) in [7, 11) is -4.12. The minimum atomic E-state index is -4.12. The minimum Gasteiger partial charge on any atom is -0.478 e. The molecule has 1 atom stereocenters. The van der Waals surface area contributed by atoms with Gasteiger partial charge < -0.3 is 10.2 Å². The lowest BCUT2D eigenvalue weighted by Crippen LogP contribution is -2.30. The Kier molecular flexibility index (Phi) is 4.51. The highest BCUT2D eigenvalue weighted by Gasteiger charge is 2.40. The number of carboxylic acid groups (broad SMARTS) is 2. The van der Waals surface area contributed by atoms with Crippen molar-refractivity contribution in [1.29, 1.82) is 0 Å². The Labute approximate surface area is 138 Å². The summed E-state index contributed by atoms with van der Waals surface area (Å²) >= 11 is 0. The maximum absolute atomic E-state index is 11.6. The average molecular weight is 355 g/mol. The average Bonchev–Trinajstić information content (AvgIpc) is 2.68. The molecule has 0 saturated carbocycles. The van der Waals surface area contributed by atoms with Gasteiger partial charge in [0, 0.05) is 16.7 Å². The van der Waals surface area contributed by atoms with Crippen LogP contribution >= 0.6 is 0 Å². The van der Waals surface area contributed by atoms with Crippen molar-refractivity contribution in [2.75, 3.05) is 5.75 Å². The van der Waals surface area contributed by atoms with Gasteiger partial charge in [-0.05, 0) is 31.9 Å². The normalized spacial score (nSPS) is 19.7. The van der Waals surface area contributed by atoms with Gasteiger partial charge in [0.15, 0.2) is 0 Å². The SMILES string of the molecule is CC1=Nc2cc(C(=O)O)cc(C(=O)O)c2C1(C)CCCS(=O)(=O)O. The summed E-state index contributed by atoms with van der Waals surface area (Å²) < 4.78 is 30.7. The Hall–Kier alpha value is -2.26. The Morgan fingerprint density at radius 1 is 1.21 bits per heavy atom. The summed E-state index contributed by atoms with van der Waals surface area (Å²) in [5.41, 5.74) is 0.0136. The van der Waals surface area contributed by atoms with Gasteiger partial charge >= 0.3 is 11.9 Å². The predicted molar refractivity (Wildman–Crippen MR) is 86.1 cm³/mol. The van der Waals surface area contributed by atoms with Crippen molar-refractivity contribution >= 4 is 33.5 Å². The maximum atomic E-state index is 11.6. The number of rotatable bonds is 6. The Morgan fingerprint density at radius 2 is 1.83 bits per heavy atom. The predicted octanol–water partition coefficient (Wildman–Crippen LogP) is 2.11. The van der Waals surface area contributed by atoms with E-state index in [1.807, 2.05) is 0 Å². The molecule has 3 N–H and O–H groups in total. The van der Waals surface area contributed by atoms with E-state index in [2.05, 4.69) is 4.99 Å². The van der Waals surface area contributed by atoms with E-state index in [0.29, 0.717) is 11.3 Å². The number of aromatic carboxylic acids is 2. The van der Waals surface area contributed by atoms with Crippen molar-refractivity contribution in [2.45, 2.75) is 32.1 Å². The van der Waals surface area contributed by atoms with E-state index in [9.17, 15) is 23.1 Å². The van der Waals surface area contributed by atoms with E-state index in [-0.39, 0.29) is 29.7 Å². The van der Waals surface area contributed by atoms with Crippen molar-refractivity contribution in [3.8, 4) is 0 Å². The van der Waals surface area contributed by atoms with Gasteiger partial charge in [0.2, 0.25) is 0 Å². The molecule has 0 bridgehead atoms. The lowest BCUT2D eigenvalue weighted by atomic mass is 9.74. The standard InChI is InChI=1S/C15H17NO7S/c1-8-15(2,4-3-5-24(21,22)23)12-10(14(19)20)6-9(13(17)18)7-11(12)16-8/h6-7H,3-5H2,1-2H3,(H,17,18)(H,19,20)(H,21,22,23). The fourth-order valence-corrected chi connectivity index (χ4v) is 3.50. The van der Waals surface area contributed by atoms with Crippen LogP contribution in [0.4, 0.5) is 5.69 Å². The molecule has 2 rings (SSSR count). The van der Waals surface area contributed by atoms with Crippen LogP contribution in [0.15, 0.2) is 17.1 Å². The van der Waals surface area contributed by atoms with E-state index in [0.717, 1.165) is 6.07 Å². The molecule has 1 heterocycles. The van der Waals surface area contributed by atoms with Crippen molar-refractivity contribution in [2.24, 2.45) is 4.99 Å². The fraction of sp³-hybridized carbons (Fsp3) is 0.400. The number of aliphatic imine (C=N–C) groups is 1. The molecule has 1 aromatic rings. The van der Waals surface area contributed by atoms with Crippen molar-refractivity contribution in [3.05, 3.63) is 28.8 Å². The lowest BCUT2D eigenvalue weighted by Gasteiger charge is -2.27. The summed E-state index contributed by atoms with van der Waals surface area (Å²) in [6.07, 6.45) is 0.364. The largest absolute Gasteiger partial charge is 0.478 e. The maximum Gasteiger partial charge on any atom is 0.336 e. The molecule has 0 aliphatic carbocycles. The third-order valence-electron chi connectivity index (χ3n) is 4.31. The monoisotopic (exact) mass is 355 g/mol. The Morgan fingerprint density at radius 3 is 2.33 bits per heavy atom. The van der Waals surface area contributed by atoms with E-state index in [1.54, 1.807) is 13.8 Å². The number of fused-ring (bicyclic) bond motifs is 1. The van der Waals surface area contributed by atoms with Crippen LogP contribution in [0, 0.1) is 0 Å². The number of carboxylic acids is 2. The van der Waals surface area contributed by atoms with Crippen molar-refractivity contribution < 1.29 is 32.8 Å². The van der Waals surface area contributed by atoms with Gasteiger partial charge in [-0.25, -0.2) is 9.59 Å². The second-order valence-electron chi connectivity index (χ2n) is 5.95. The van der Waals surface area contributed by atoms with Gasteiger partial charge in [-0.15, -0.1) is 0 Å². The Balaban J connectivity index is 2.52. The first kappa shape index (κ1) is 18.1. The number of carbonyl (C=O) groups is 2. The summed E-state index contributed by atoms with van der Waals surface area (Å²) in [5.74, 6) is -2.98. The lowest BCUT2D eigenvalue weighted by molar-refractivity contribution is 0.0694. The number of nitrogens with zero attached hydrogens (tertiary/aromatic N) is 1.